The van der Waals surface area contributed by atoms with Crippen LogP contribution in [0.1, 0.15) is 18.1 Å². The fourth-order valence-corrected chi connectivity index (χ4v) is 4.28. The molecule has 2 aromatic heterocycles. The number of rotatable bonds is 6. The lowest BCUT2D eigenvalue weighted by Gasteiger charge is -2.27. The summed E-state index contributed by atoms with van der Waals surface area (Å²) in [6.45, 7) is 1.54. The van der Waals surface area contributed by atoms with E-state index < -0.39 is 16.7 Å². The molecule has 0 bridgehead atoms. The zero-order valence-electron chi connectivity index (χ0n) is 20.7. The van der Waals surface area contributed by atoms with Crippen molar-refractivity contribution in [1.82, 2.24) is 19.7 Å². The predicted octanol–water partition coefficient (Wildman–Crippen LogP) is 4.63. The number of benzene rings is 2. The first kappa shape index (κ1) is 25.0. The molecule has 2 amide bonds. The van der Waals surface area contributed by atoms with Gasteiger partial charge in [0.05, 0.1) is 22.8 Å². The third-order valence-corrected chi connectivity index (χ3v) is 6.30. The lowest BCUT2D eigenvalue weighted by molar-refractivity contribution is -0.384. The van der Waals surface area contributed by atoms with Gasteiger partial charge in [0.15, 0.2) is 0 Å². The van der Waals surface area contributed by atoms with Crippen LogP contribution in [0.15, 0.2) is 102 Å². The summed E-state index contributed by atoms with van der Waals surface area (Å²) >= 11 is 0. The number of hydrogen-bond donors (Lipinski definition) is 0. The summed E-state index contributed by atoms with van der Waals surface area (Å²) < 4.78 is 1.56. The highest BCUT2D eigenvalue weighted by atomic mass is 16.6. The van der Waals surface area contributed by atoms with Crippen molar-refractivity contribution < 1.29 is 14.5 Å². The van der Waals surface area contributed by atoms with E-state index in [1.807, 2.05) is 36.4 Å². The Morgan fingerprint density at radius 3 is 2.41 bits per heavy atom. The topological polar surface area (TPSA) is 135 Å². The van der Waals surface area contributed by atoms with Crippen LogP contribution in [0.3, 0.4) is 0 Å². The van der Waals surface area contributed by atoms with Crippen molar-refractivity contribution in [3.05, 3.63) is 123 Å². The molecule has 190 valence electrons. The van der Waals surface area contributed by atoms with Crippen molar-refractivity contribution in [2.75, 3.05) is 0 Å². The van der Waals surface area contributed by atoms with Crippen LogP contribution in [0.25, 0.3) is 23.0 Å². The summed E-state index contributed by atoms with van der Waals surface area (Å²) in [6.07, 6.45) is 6.47. The molecule has 10 nitrogen and oxygen atoms in total. The predicted molar refractivity (Wildman–Crippen MR) is 142 cm³/mol. The molecule has 0 radical (unpaired) electrons. The van der Waals surface area contributed by atoms with Crippen LogP contribution in [-0.4, -0.2) is 36.4 Å². The van der Waals surface area contributed by atoms with Crippen LogP contribution >= 0.6 is 0 Å². The first-order chi connectivity index (χ1) is 18.9. The van der Waals surface area contributed by atoms with Crippen LogP contribution in [0, 0.1) is 21.4 Å². The minimum Gasteiger partial charge on any atom is -0.269 e. The van der Waals surface area contributed by atoms with E-state index in [0.29, 0.717) is 22.5 Å². The van der Waals surface area contributed by atoms with E-state index >= 15 is 0 Å². The number of hydrogen-bond acceptors (Lipinski definition) is 7. The summed E-state index contributed by atoms with van der Waals surface area (Å²) in [7, 11) is 0. The Labute approximate surface area is 222 Å². The summed E-state index contributed by atoms with van der Waals surface area (Å²) in [4.78, 5) is 42.3. The average molecular weight is 517 g/mol. The minimum atomic E-state index is -0.661. The van der Waals surface area contributed by atoms with Crippen LogP contribution in [0.4, 0.5) is 5.69 Å². The summed E-state index contributed by atoms with van der Waals surface area (Å²) in [5.41, 5.74) is 3.42. The summed E-state index contributed by atoms with van der Waals surface area (Å²) in [6, 6.07) is 20.7. The van der Waals surface area contributed by atoms with Crippen LogP contribution in [0.2, 0.25) is 0 Å². The molecule has 5 rings (SSSR count). The molecule has 0 aliphatic carbocycles. The first-order valence-corrected chi connectivity index (χ1v) is 11.9. The Kier molecular flexibility index (Phi) is 6.63. The molecule has 1 aliphatic rings. The highest BCUT2D eigenvalue weighted by Gasteiger charge is 2.35. The van der Waals surface area contributed by atoms with E-state index in [0.717, 1.165) is 10.5 Å². The standard InChI is InChI=1S/C29H20N6O4/c1-19-25(28(36)33(29(37)26(19)15-30)17-20-6-5-13-31-16-20)14-22-18-34(23-9-11-24(12-10-23)35(38)39)32-27(22)21-7-3-2-4-8-21/h2-14,16,18H,17H2,1H3/b25-14+. The maximum atomic E-state index is 13.6. The number of nitro benzene ring substituents is 1. The number of imide groups is 1. The Balaban J connectivity index is 1.63. The van der Waals surface area contributed by atoms with Crippen LogP contribution in [0.5, 0.6) is 0 Å². The normalized spacial score (nSPS) is 14.6. The number of carbonyl (C=O) groups excluding carboxylic acids is 2. The summed E-state index contributed by atoms with van der Waals surface area (Å²) in [5, 5.41) is 25.5. The fraction of sp³-hybridized carbons (Fsp3) is 0.0690. The molecule has 2 aromatic carbocycles. The largest absolute Gasteiger partial charge is 0.271 e. The lowest BCUT2D eigenvalue weighted by Crippen LogP contribution is -2.42. The Hall–Kier alpha value is -5.69. The van der Waals surface area contributed by atoms with Gasteiger partial charge in [0.1, 0.15) is 11.6 Å². The minimum absolute atomic E-state index is 0.0328. The number of nitrogens with zero attached hydrogens (tertiary/aromatic N) is 6. The molecule has 0 fully saturated rings. The number of aromatic nitrogens is 3. The molecule has 3 heterocycles. The molecular weight excluding hydrogens is 496 g/mol. The molecule has 0 unspecified atom stereocenters. The van der Waals surface area contributed by atoms with Gasteiger partial charge in [0.25, 0.3) is 17.5 Å². The molecule has 4 aromatic rings. The van der Waals surface area contributed by atoms with Crippen molar-refractivity contribution in [2.24, 2.45) is 0 Å². The quantitative estimate of drug-likeness (QED) is 0.158. The Morgan fingerprint density at radius 2 is 1.77 bits per heavy atom. The van der Waals surface area contributed by atoms with Gasteiger partial charge in [-0.2, -0.15) is 10.4 Å². The molecule has 0 saturated carbocycles. The maximum Gasteiger partial charge on any atom is 0.271 e. The second-order valence-corrected chi connectivity index (χ2v) is 8.74. The highest BCUT2D eigenvalue weighted by Crippen LogP contribution is 2.31. The van der Waals surface area contributed by atoms with Gasteiger partial charge in [-0.25, -0.2) is 4.68 Å². The van der Waals surface area contributed by atoms with E-state index in [1.165, 1.54) is 12.1 Å². The first-order valence-electron chi connectivity index (χ1n) is 11.9. The third-order valence-electron chi connectivity index (χ3n) is 6.30. The number of carbonyl (C=O) groups is 2. The van der Waals surface area contributed by atoms with Gasteiger partial charge in [-0.1, -0.05) is 36.4 Å². The number of nitriles is 1. The number of nitro groups is 1. The van der Waals surface area contributed by atoms with Gasteiger partial charge in [0, 0.05) is 47.4 Å². The second kappa shape index (κ2) is 10.4. The van der Waals surface area contributed by atoms with E-state index in [4.69, 9.17) is 5.10 Å². The molecular formula is C29H20N6O4. The SMILES string of the molecule is CC1=C(C#N)C(=O)N(Cc2cccnc2)C(=O)/C1=C/c1cn(-c2ccc([N+](=O)[O-])cc2)nc1-c1ccccc1. The van der Waals surface area contributed by atoms with Gasteiger partial charge in [-0.05, 0) is 42.3 Å². The van der Waals surface area contributed by atoms with Crippen molar-refractivity contribution in [3.8, 4) is 23.0 Å². The zero-order chi connectivity index (χ0) is 27.5. The lowest BCUT2D eigenvalue weighted by atomic mass is 9.93. The van der Waals surface area contributed by atoms with Gasteiger partial charge in [0.2, 0.25) is 0 Å². The van der Waals surface area contributed by atoms with Gasteiger partial charge >= 0.3 is 0 Å². The third kappa shape index (κ3) is 4.84. The molecule has 10 heteroatoms. The summed E-state index contributed by atoms with van der Waals surface area (Å²) in [5.74, 6) is -1.20. The van der Waals surface area contributed by atoms with Gasteiger partial charge in [-0.15, -0.1) is 0 Å². The van der Waals surface area contributed by atoms with Crippen molar-refractivity contribution in [3.63, 3.8) is 0 Å². The van der Waals surface area contributed by atoms with E-state index in [9.17, 15) is 25.0 Å². The molecule has 39 heavy (non-hydrogen) atoms. The second-order valence-electron chi connectivity index (χ2n) is 8.74. The van der Waals surface area contributed by atoms with Crippen LogP contribution in [-0.2, 0) is 16.1 Å². The van der Waals surface area contributed by atoms with Crippen molar-refractivity contribution in [2.45, 2.75) is 13.5 Å². The molecule has 0 saturated heterocycles. The molecule has 0 spiro atoms. The van der Waals surface area contributed by atoms with Crippen molar-refractivity contribution in [1.29, 1.82) is 5.26 Å². The Morgan fingerprint density at radius 1 is 1.03 bits per heavy atom. The maximum absolute atomic E-state index is 13.6. The molecule has 0 atom stereocenters. The van der Waals surface area contributed by atoms with E-state index in [2.05, 4.69) is 4.98 Å². The number of pyridine rings is 1. The van der Waals surface area contributed by atoms with Gasteiger partial charge in [-0.3, -0.25) is 29.6 Å². The Bertz CT molecular complexity index is 1700. The monoisotopic (exact) mass is 516 g/mol. The molecule has 0 N–H and O–H groups in total. The van der Waals surface area contributed by atoms with E-state index in [-0.39, 0.29) is 29.0 Å². The molecule has 1 aliphatic heterocycles. The highest BCUT2D eigenvalue weighted by molar-refractivity contribution is 6.19. The number of non-ortho nitro benzene ring substituents is 1. The zero-order valence-corrected chi connectivity index (χ0v) is 20.7. The van der Waals surface area contributed by atoms with Crippen LogP contribution < -0.4 is 0 Å². The average Bonchev–Trinajstić information content (AvgIpc) is 3.39. The van der Waals surface area contributed by atoms with E-state index in [1.54, 1.807) is 60.5 Å². The fourth-order valence-electron chi connectivity index (χ4n) is 4.28. The number of amides is 2. The van der Waals surface area contributed by atoms with Gasteiger partial charge < -0.3 is 0 Å². The van der Waals surface area contributed by atoms with Crippen molar-refractivity contribution >= 4 is 23.6 Å². The smallest absolute Gasteiger partial charge is 0.269 e.